The highest BCUT2D eigenvalue weighted by Crippen LogP contribution is 2.24. The minimum Gasteiger partial charge on any atom is -0.396 e. The molecule has 1 unspecified atom stereocenters. The molecular weight excluding hydrogens is 228 g/mol. The van der Waals surface area contributed by atoms with Crippen LogP contribution in [-0.4, -0.2) is 34.3 Å². The van der Waals surface area contributed by atoms with Crippen molar-refractivity contribution < 1.29 is 5.11 Å². The molecule has 2 rings (SSSR count). The van der Waals surface area contributed by atoms with Gasteiger partial charge >= 0.3 is 0 Å². The van der Waals surface area contributed by atoms with Crippen molar-refractivity contribution in [3.8, 4) is 0 Å². The van der Waals surface area contributed by atoms with Crippen LogP contribution >= 0.6 is 0 Å². The molecule has 1 aromatic rings. The van der Waals surface area contributed by atoms with Gasteiger partial charge in [0.25, 0.3) is 0 Å². The Kier molecular flexibility index (Phi) is 4.49. The Morgan fingerprint density at radius 1 is 1.44 bits per heavy atom. The van der Waals surface area contributed by atoms with Crippen LogP contribution in [0.5, 0.6) is 0 Å². The molecule has 0 amide bonds. The van der Waals surface area contributed by atoms with Crippen LogP contribution in [0.1, 0.15) is 37.1 Å². The molecule has 1 fully saturated rings. The summed E-state index contributed by atoms with van der Waals surface area (Å²) in [6.07, 6.45) is 4.28. The maximum Gasteiger partial charge on any atom is 0.226 e. The second-order valence-corrected chi connectivity index (χ2v) is 4.86. The normalized spacial score (nSPS) is 20.2. The van der Waals surface area contributed by atoms with E-state index in [1.807, 2.05) is 13.0 Å². The fourth-order valence-electron chi connectivity index (χ4n) is 2.56. The molecule has 5 heteroatoms. The lowest BCUT2D eigenvalue weighted by molar-refractivity contribution is 0.261. The van der Waals surface area contributed by atoms with E-state index < -0.39 is 0 Å². The molecule has 0 aliphatic carbocycles. The van der Waals surface area contributed by atoms with E-state index >= 15 is 0 Å². The topological polar surface area (TPSA) is 75.3 Å². The predicted molar refractivity (Wildman–Crippen MR) is 71.3 cm³/mol. The van der Waals surface area contributed by atoms with Crippen LogP contribution in [0.3, 0.4) is 0 Å². The number of aliphatic hydroxyl groups excluding tert-OH is 1. The molecule has 18 heavy (non-hydrogen) atoms. The number of hydrogen-bond acceptors (Lipinski definition) is 5. The van der Waals surface area contributed by atoms with Gasteiger partial charge in [-0.1, -0.05) is 0 Å². The molecule has 1 atom stereocenters. The van der Waals surface area contributed by atoms with E-state index in [2.05, 4.69) is 14.9 Å². The molecule has 1 aliphatic rings. The Hall–Kier alpha value is -1.20. The SMILES string of the molecule is Cc1cc(CN)nc(N2CCCCC2CCO)n1. The summed E-state index contributed by atoms with van der Waals surface area (Å²) in [5.74, 6) is 0.772. The van der Waals surface area contributed by atoms with Crippen molar-refractivity contribution in [3.05, 3.63) is 17.5 Å². The fraction of sp³-hybridized carbons (Fsp3) is 0.692. The fourth-order valence-corrected chi connectivity index (χ4v) is 2.56. The number of aliphatic hydroxyl groups is 1. The van der Waals surface area contributed by atoms with Crippen molar-refractivity contribution in [3.63, 3.8) is 0 Å². The van der Waals surface area contributed by atoms with E-state index in [-0.39, 0.29) is 6.61 Å². The van der Waals surface area contributed by atoms with Crippen molar-refractivity contribution in [2.45, 2.75) is 45.2 Å². The Labute approximate surface area is 108 Å². The first-order valence-corrected chi connectivity index (χ1v) is 6.66. The molecular formula is C13H22N4O. The summed E-state index contributed by atoms with van der Waals surface area (Å²) in [6.45, 7) is 3.60. The van der Waals surface area contributed by atoms with E-state index in [4.69, 9.17) is 10.8 Å². The lowest BCUT2D eigenvalue weighted by Crippen LogP contribution is -2.41. The quantitative estimate of drug-likeness (QED) is 0.833. The maximum atomic E-state index is 9.15. The summed E-state index contributed by atoms with van der Waals surface area (Å²) in [4.78, 5) is 11.3. The molecule has 0 bridgehead atoms. The van der Waals surface area contributed by atoms with Gasteiger partial charge in [-0.2, -0.15) is 0 Å². The van der Waals surface area contributed by atoms with Crippen molar-refractivity contribution in [1.82, 2.24) is 9.97 Å². The summed E-state index contributed by atoms with van der Waals surface area (Å²) in [6, 6.07) is 2.28. The molecule has 100 valence electrons. The van der Waals surface area contributed by atoms with Crippen LogP contribution in [0, 0.1) is 6.92 Å². The third-order valence-electron chi connectivity index (χ3n) is 3.45. The predicted octanol–water partition coefficient (Wildman–Crippen LogP) is 0.985. The van der Waals surface area contributed by atoms with Crippen LogP contribution in [0.4, 0.5) is 5.95 Å². The number of nitrogens with two attached hydrogens (primary N) is 1. The van der Waals surface area contributed by atoms with Gasteiger partial charge in [0.2, 0.25) is 5.95 Å². The number of aromatic nitrogens is 2. The summed E-state index contributed by atoms with van der Waals surface area (Å²) < 4.78 is 0. The minimum absolute atomic E-state index is 0.219. The zero-order chi connectivity index (χ0) is 13.0. The van der Waals surface area contributed by atoms with Gasteiger partial charge in [-0.15, -0.1) is 0 Å². The lowest BCUT2D eigenvalue weighted by Gasteiger charge is -2.35. The Bertz CT molecular complexity index is 395. The first kappa shape index (κ1) is 13.2. The lowest BCUT2D eigenvalue weighted by atomic mass is 10.00. The van der Waals surface area contributed by atoms with E-state index in [0.29, 0.717) is 12.6 Å². The number of piperidine rings is 1. The number of anilines is 1. The van der Waals surface area contributed by atoms with Gasteiger partial charge < -0.3 is 15.7 Å². The molecule has 1 aliphatic heterocycles. The molecule has 1 aromatic heterocycles. The Balaban J connectivity index is 2.24. The van der Waals surface area contributed by atoms with E-state index in [1.165, 1.54) is 6.42 Å². The third-order valence-corrected chi connectivity index (χ3v) is 3.45. The van der Waals surface area contributed by atoms with Crippen LogP contribution in [-0.2, 0) is 6.54 Å². The number of hydrogen-bond donors (Lipinski definition) is 2. The second kappa shape index (κ2) is 6.11. The van der Waals surface area contributed by atoms with Gasteiger partial charge in [-0.05, 0) is 38.7 Å². The van der Waals surface area contributed by atoms with Gasteiger partial charge in [0.1, 0.15) is 0 Å². The largest absolute Gasteiger partial charge is 0.396 e. The van der Waals surface area contributed by atoms with Gasteiger partial charge in [-0.3, -0.25) is 0 Å². The van der Waals surface area contributed by atoms with Crippen LogP contribution in [0.25, 0.3) is 0 Å². The zero-order valence-corrected chi connectivity index (χ0v) is 11.0. The van der Waals surface area contributed by atoms with Crippen molar-refractivity contribution >= 4 is 5.95 Å². The standard InChI is InChI=1S/C13H22N4O/c1-10-8-11(9-14)16-13(15-10)17-6-3-2-4-12(17)5-7-18/h8,12,18H,2-7,9,14H2,1H3. The highest BCUT2D eigenvalue weighted by Gasteiger charge is 2.24. The van der Waals surface area contributed by atoms with Gasteiger partial charge in [-0.25, -0.2) is 9.97 Å². The summed E-state index contributed by atoms with van der Waals surface area (Å²) >= 11 is 0. The zero-order valence-electron chi connectivity index (χ0n) is 11.0. The van der Waals surface area contributed by atoms with Crippen molar-refractivity contribution in [1.29, 1.82) is 0 Å². The molecule has 0 aromatic carbocycles. The summed E-state index contributed by atoms with van der Waals surface area (Å²) in [7, 11) is 0. The molecule has 0 spiro atoms. The minimum atomic E-state index is 0.219. The van der Waals surface area contributed by atoms with E-state index in [1.54, 1.807) is 0 Å². The Morgan fingerprint density at radius 2 is 2.28 bits per heavy atom. The Morgan fingerprint density at radius 3 is 3.00 bits per heavy atom. The highest BCUT2D eigenvalue weighted by molar-refractivity contribution is 5.34. The molecule has 1 saturated heterocycles. The average Bonchev–Trinajstić information content (AvgIpc) is 2.39. The first-order chi connectivity index (χ1) is 8.74. The van der Waals surface area contributed by atoms with Crippen molar-refractivity contribution in [2.24, 2.45) is 5.73 Å². The van der Waals surface area contributed by atoms with Gasteiger partial charge in [0.05, 0.1) is 5.69 Å². The van der Waals surface area contributed by atoms with E-state index in [9.17, 15) is 0 Å². The monoisotopic (exact) mass is 250 g/mol. The molecule has 2 heterocycles. The smallest absolute Gasteiger partial charge is 0.226 e. The average molecular weight is 250 g/mol. The highest BCUT2D eigenvalue weighted by atomic mass is 16.3. The van der Waals surface area contributed by atoms with Crippen molar-refractivity contribution in [2.75, 3.05) is 18.1 Å². The van der Waals surface area contributed by atoms with Crippen LogP contribution in [0.15, 0.2) is 6.07 Å². The second-order valence-electron chi connectivity index (χ2n) is 4.86. The molecule has 0 saturated carbocycles. The molecule has 5 nitrogen and oxygen atoms in total. The molecule has 0 radical (unpaired) electrons. The molecule has 3 N–H and O–H groups in total. The van der Waals surface area contributed by atoms with E-state index in [0.717, 1.165) is 43.1 Å². The summed E-state index contributed by atoms with van der Waals surface area (Å²) in [5.41, 5.74) is 7.49. The number of aryl methyl sites for hydroxylation is 1. The van der Waals surface area contributed by atoms with Gasteiger partial charge in [0.15, 0.2) is 0 Å². The first-order valence-electron chi connectivity index (χ1n) is 6.66. The maximum absolute atomic E-state index is 9.15. The number of nitrogens with zero attached hydrogens (tertiary/aromatic N) is 3. The third kappa shape index (κ3) is 2.97. The summed E-state index contributed by atoms with van der Waals surface area (Å²) in [5, 5.41) is 9.15. The van der Waals surface area contributed by atoms with Crippen LogP contribution < -0.4 is 10.6 Å². The number of rotatable bonds is 4. The van der Waals surface area contributed by atoms with Gasteiger partial charge in [0, 0.05) is 31.4 Å². The van der Waals surface area contributed by atoms with Crippen LogP contribution in [0.2, 0.25) is 0 Å².